The number of rotatable bonds is 3. The van der Waals surface area contributed by atoms with Gasteiger partial charge in [-0.25, -0.2) is 9.97 Å². The molecule has 0 fully saturated rings. The summed E-state index contributed by atoms with van der Waals surface area (Å²) in [6.07, 6.45) is 0. The molecule has 0 aliphatic heterocycles. The molecule has 1 heterocycles. The molecule has 3 rings (SSSR count). The summed E-state index contributed by atoms with van der Waals surface area (Å²) in [5, 5.41) is 10.5. The zero-order valence-corrected chi connectivity index (χ0v) is 12.3. The Hall–Kier alpha value is -2.40. The number of benzene rings is 2. The third-order valence-electron chi connectivity index (χ3n) is 3.04. The van der Waals surface area contributed by atoms with E-state index in [0.29, 0.717) is 10.9 Å². The molecule has 0 bridgehead atoms. The van der Waals surface area contributed by atoms with Crippen molar-refractivity contribution in [1.29, 1.82) is 5.41 Å². The van der Waals surface area contributed by atoms with E-state index in [2.05, 4.69) is 34.2 Å². The predicted molar refractivity (Wildman–Crippen MR) is 85.9 cm³/mol. The van der Waals surface area contributed by atoms with Gasteiger partial charge in [0.05, 0.1) is 0 Å². The first-order chi connectivity index (χ1) is 10.1. The summed E-state index contributed by atoms with van der Waals surface area (Å²) >= 11 is 1.47. The predicted octanol–water partition coefficient (Wildman–Crippen LogP) is 3.37. The summed E-state index contributed by atoms with van der Waals surface area (Å²) in [5.74, 6) is -0.0409. The molecule has 0 atom stereocenters. The molecule has 0 aliphatic carbocycles. The van der Waals surface area contributed by atoms with Gasteiger partial charge in [0, 0.05) is 10.6 Å². The van der Waals surface area contributed by atoms with Crippen LogP contribution in [0.3, 0.4) is 0 Å². The lowest BCUT2D eigenvalue weighted by Gasteiger charge is -2.05. The van der Waals surface area contributed by atoms with Crippen molar-refractivity contribution in [2.75, 3.05) is 0 Å². The number of fused-ring (bicyclic) bond motifs is 1. The first kappa shape index (κ1) is 13.6. The Morgan fingerprint density at radius 1 is 1.05 bits per heavy atom. The smallest absolute Gasteiger partial charge is 0.193 e. The fraction of sp³-hybridized carbons (Fsp3) is 0.0625. The number of amidine groups is 1. The van der Waals surface area contributed by atoms with Gasteiger partial charge in [-0.05, 0) is 47.7 Å². The summed E-state index contributed by atoms with van der Waals surface area (Å²) < 4.78 is 0. The van der Waals surface area contributed by atoms with Gasteiger partial charge in [-0.2, -0.15) is 0 Å². The standard InChI is InChI=1S/C16H14N4S/c1-10-8-14(15(17)18)20-16(19-10)21-13-7-6-11-4-2-3-5-12(11)9-13/h2-9H,1H3,(H3,17,18). The van der Waals surface area contributed by atoms with E-state index in [0.717, 1.165) is 10.6 Å². The van der Waals surface area contributed by atoms with Crippen molar-refractivity contribution < 1.29 is 0 Å². The molecular weight excluding hydrogens is 280 g/mol. The van der Waals surface area contributed by atoms with Crippen LogP contribution in [0.2, 0.25) is 0 Å². The maximum absolute atomic E-state index is 7.49. The second kappa shape index (κ2) is 5.54. The molecule has 3 aromatic rings. The first-order valence-electron chi connectivity index (χ1n) is 6.48. The summed E-state index contributed by atoms with van der Waals surface area (Å²) in [6, 6.07) is 16.2. The molecule has 0 unspecified atom stereocenters. The lowest BCUT2D eigenvalue weighted by atomic mass is 10.1. The molecule has 0 saturated carbocycles. The van der Waals surface area contributed by atoms with Crippen LogP contribution < -0.4 is 5.73 Å². The zero-order chi connectivity index (χ0) is 14.8. The Morgan fingerprint density at radius 3 is 2.57 bits per heavy atom. The lowest BCUT2D eigenvalue weighted by Crippen LogP contribution is -2.14. The van der Waals surface area contributed by atoms with Crippen molar-refractivity contribution in [3.63, 3.8) is 0 Å². The molecule has 1 aromatic heterocycles. The topological polar surface area (TPSA) is 75.7 Å². The van der Waals surface area contributed by atoms with E-state index < -0.39 is 0 Å². The van der Waals surface area contributed by atoms with E-state index in [1.807, 2.05) is 25.1 Å². The van der Waals surface area contributed by atoms with Crippen LogP contribution in [0.1, 0.15) is 11.4 Å². The highest BCUT2D eigenvalue weighted by Gasteiger charge is 2.07. The van der Waals surface area contributed by atoms with Gasteiger partial charge < -0.3 is 5.73 Å². The second-order valence-corrected chi connectivity index (χ2v) is 5.74. The highest BCUT2D eigenvalue weighted by Crippen LogP contribution is 2.28. The molecule has 21 heavy (non-hydrogen) atoms. The van der Waals surface area contributed by atoms with Gasteiger partial charge in [-0.15, -0.1) is 0 Å². The largest absolute Gasteiger partial charge is 0.382 e. The number of aryl methyl sites for hydroxylation is 1. The summed E-state index contributed by atoms with van der Waals surface area (Å²) in [7, 11) is 0. The average molecular weight is 294 g/mol. The fourth-order valence-corrected chi connectivity index (χ4v) is 2.93. The van der Waals surface area contributed by atoms with Crippen molar-refractivity contribution in [2.45, 2.75) is 17.0 Å². The van der Waals surface area contributed by atoms with Gasteiger partial charge in [0.1, 0.15) is 11.5 Å². The number of aromatic nitrogens is 2. The molecule has 0 amide bonds. The Bertz CT molecular complexity index is 829. The third kappa shape index (κ3) is 3.03. The minimum absolute atomic E-state index is 0.0409. The van der Waals surface area contributed by atoms with Crippen LogP contribution in [0.15, 0.2) is 58.6 Å². The molecule has 0 aliphatic rings. The molecule has 104 valence electrons. The van der Waals surface area contributed by atoms with Crippen LogP contribution in [0, 0.1) is 12.3 Å². The van der Waals surface area contributed by atoms with Crippen molar-refractivity contribution in [3.8, 4) is 0 Å². The molecule has 2 aromatic carbocycles. The minimum Gasteiger partial charge on any atom is -0.382 e. The van der Waals surface area contributed by atoms with E-state index in [9.17, 15) is 0 Å². The molecule has 0 saturated heterocycles. The van der Waals surface area contributed by atoms with Crippen molar-refractivity contribution in [2.24, 2.45) is 5.73 Å². The van der Waals surface area contributed by atoms with Crippen molar-refractivity contribution >= 4 is 28.4 Å². The van der Waals surface area contributed by atoms with E-state index in [1.165, 1.54) is 22.5 Å². The Morgan fingerprint density at radius 2 is 1.81 bits per heavy atom. The van der Waals surface area contributed by atoms with E-state index in [1.54, 1.807) is 6.07 Å². The van der Waals surface area contributed by atoms with Crippen LogP contribution >= 0.6 is 11.8 Å². The van der Waals surface area contributed by atoms with Gasteiger partial charge in [0.15, 0.2) is 5.16 Å². The highest BCUT2D eigenvalue weighted by atomic mass is 32.2. The second-order valence-electron chi connectivity index (χ2n) is 4.70. The van der Waals surface area contributed by atoms with Crippen LogP contribution in [0.5, 0.6) is 0 Å². The fourth-order valence-electron chi connectivity index (χ4n) is 2.06. The van der Waals surface area contributed by atoms with Gasteiger partial charge in [-0.3, -0.25) is 5.41 Å². The number of nitrogens with one attached hydrogen (secondary N) is 1. The van der Waals surface area contributed by atoms with Gasteiger partial charge >= 0.3 is 0 Å². The van der Waals surface area contributed by atoms with Crippen molar-refractivity contribution in [1.82, 2.24) is 9.97 Å². The zero-order valence-electron chi connectivity index (χ0n) is 11.5. The quantitative estimate of drug-likeness (QED) is 0.441. The van der Waals surface area contributed by atoms with E-state index in [4.69, 9.17) is 11.1 Å². The van der Waals surface area contributed by atoms with Crippen molar-refractivity contribution in [3.05, 3.63) is 59.9 Å². The average Bonchev–Trinajstić information content (AvgIpc) is 2.46. The molecular formula is C16H14N4S. The maximum atomic E-state index is 7.49. The van der Waals surface area contributed by atoms with Crippen LogP contribution in [0.4, 0.5) is 0 Å². The van der Waals surface area contributed by atoms with Crippen LogP contribution in [0.25, 0.3) is 10.8 Å². The third-order valence-corrected chi connectivity index (χ3v) is 3.89. The molecule has 3 N–H and O–H groups in total. The molecule has 4 nitrogen and oxygen atoms in total. The van der Waals surface area contributed by atoms with Crippen LogP contribution in [-0.4, -0.2) is 15.8 Å². The normalized spacial score (nSPS) is 10.7. The summed E-state index contributed by atoms with van der Waals surface area (Å²) in [6.45, 7) is 1.87. The maximum Gasteiger partial charge on any atom is 0.193 e. The molecule has 0 radical (unpaired) electrons. The van der Waals surface area contributed by atoms with Gasteiger partial charge in [-0.1, -0.05) is 30.3 Å². The number of nitrogens with two attached hydrogens (primary N) is 1. The van der Waals surface area contributed by atoms with E-state index >= 15 is 0 Å². The molecule has 0 spiro atoms. The van der Waals surface area contributed by atoms with E-state index in [-0.39, 0.29) is 5.84 Å². The summed E-state index contributed by atoms with van der Waals surface area (Å²) in [5.41, 5.74) is 6.77. The lowest BCUT2D eigenvalue weighted by molar-refractivity contribution is 0.921. The minimum atomic E-state index is -0.0409. The monoisotopic (exact) mass is 294 g/mol. The number of nitrogens with zero attached hydrogens (tertiary/aromatic N) is 2. The van der Waals surface area contributed by atoms with Crippen LogP contribution in [-0.2, 0) is 0 Å². The Kier molecular flexibility index (Phi) is 3.58. The Labute approximate surface area is 126 Å². The number of hydrogen-bond acceptors (Lipinski definition) is 4. The van der Waals surface area contributed by atoms with Gasteiger partial charge in [0.2, 0.25) is 0 Å². The molecule has 5 heteroatoms. The van der Waals surface area contributed by atoms with Gasteiger partial charge in [0.25, 0.3) is 0 Å². The highest BCUT2D eigenvalue weighted by molar-refractivity contribution is 7.99. The summed E-state index contributed by atoms with van der Waals surface area (Å²) in [4.78, 5) is 9.77. The Balaban J connectivity index is 1.96. The number of hydrogen-bond donors (Lipinski definition) is 2. The number of nitrogen functional groups attached to an aromatic ring is 1. The first-order valence-corrected chi connectivity index (χ1v) is 7.30. The SMILES string of the molecule is Cc1cc(C(=N)N)nc(Sc2ccc3ccccc3c2)n1.